The molecule has 1 atom stereocenters. The van der Waals surface area contributed by atoms with Crippen molar-refractivity contribution in [1.82, 2.24) is 5.32 Å². The van der Waals surface area contributed by atoms with Crippen LogP contribution >= 0.6 is 11.6 Å². The largest absolute Gasteiger partial charge is 0.496 e. The number of rotatable bonds is 6. The van der Waals surface area contributed by atoms with Gasteiger partial charge in [0.2, 0.25) is 5.67 Å². The highest BCUT2D eigenvalue weighted by atomic mass is 35.5. The maximum Gasteiger partial charge on any atom is 0.416 e. The summed E-state index contributed by atoms with van der Waals surface area (Å²) in [6.07, 6.45) is -6.09. The van der Waals surface area contributed by atoms with Crippen molar-refractivity contribution in [3.63, 3.8) is 0 Å². The second-order valence-electron chi connectivity index (χ2n) is 6.77. The zero-order valence-electron chi connectivity index (χ0n) is 16.7. The lowest BCUT2D eigenvalue weighted by Gasteiger charge is -2.23. The number of carboxylic acid groups (broad SMARTS) is 1. The van der Waals surface area contributed by atoms with E-state index in [0.717, 1.165) is 12.1 Å². The third kappa shape index (κ3) is 4.51. The van der Waals surface area contributed by atoms with E-state index in [1.54, 1.807) is 0 Å². The van der Waals surface area contributed by atoms with Crippen molar-refractivity contribution in [1.29, 1.82) is 0 Å². The van der Waals surface area contributed by atoms with Crippen molar-refractivity contribution in [3.05, 3.63) is 58.1 Å². The highest BCUT2D eigenvalue weighted by molar-refractivity contribution is 6.30. The quantitative estimate of drug-likeness (QED) is 0.598. The summed E-state index contributed by atoms with van der Waals surface area (Å²) in [5, 5.41) is 10.5. The number of aliphatic carboxylic acids is 1. The number of methoxy groups -OCH3 is 1. The maximum absolute atomic E-state index is 16.5. The second kappa shape index (κ2) is 8.77. The van der Waals surface area contributed by atoms with Crippen LogP contribution in [-0.4, -0.2) is 43.5 Å². The van der Waals surface area contributed by atoms with Crippen molar-refractivity contribution < 1.29 is 46.5 Å². The molecule has 8 nitrogen and oxygen atoms in total. The molecule has 0 fully saturated rings. The highest BCUT2D eigenvalue weighted by Crippen LogP contribution is 2.51. The number of carbonyl (C=O) groups is 3. The number of hydrogen-bond donors (Lipinski definition) is 2. The van der Waals surface area contributed by atoms with E-state index in [4.69, 9.17) is 26.2 Å². The molecule has 1 aliphatic heterocycles. The molecule has 2 aromatic carbocycles. The Kier molecular flexibility index (Phi) is 6.41. The summed E-state index contributed by atoms with van der Waals surface area (Å²) in [6, 6.07) is 5.72. The number of nitrogens with one attached hydrogen (secondary N) is 1. The van der Waals surface area contributed by atoms with Crippen molar-refractivity contribution >= 4 is 35.3 Å². The molecule has 0 bridgehead atoms. The lowest BCUT2D eigenvalue weighted by atomic mass is 9.88. The fourth-order valence-corrected chi connectivity index (χ4v) is 3.47. The van der Waals surface area contributed by atoms with E-state index in [1.165, 1.54) is 19.2 Å². The molecule has 0 radical (unpaired) electrons. The third-order valence-corrected chi connectivity index (χ3v) is 5.00. The smallest absolute Gasteiger partial charge is 0.416 e. The van der Waals surface area contributed by atoms with Crippen LogP contribution in [0.2, 0.25) is 5.02 Å². The molecule has 2 aromatic rings. The first-order valence-corrected chi connectivity index (χ1v) is 9.46. The van der Waals surface area contributed by atoms with E-state index in [0.29, 0.717) is 17.0 Å². The second-order valence-corrected chi connectivity index (χ2v) is 7.21. The van der Waals surface area contributed by atoms with Gasteiger partial charge in [-0.2, -0.15) is 13.2 Å². The normalized spacial score (nSPS) is 17.5. The number of alkyl halides is 4. The Balaban J connectivity index is 2.08. The van der Waals surface area contributed by atoms with Gasteiger partial charge >= 0.3 is 18.2 Å². The molecule has 2 amide bonds. The van der Waals surface area contributed by atoms with Gasteiger partial charge in [0.1, 0.15) is 12.3 Å². The number of hydrogen-bond acceptors (Lipinski definition) is 5. The first-order valence-electron chi connectivity index (χ1n) is 9.08. The average Bonchev–Trinajstić information content (AvgIpc) is 2.97. The summed E-state index contributed by atoms with van der Waals surface area (Å²) in [5.41, 5.74) is -5.49. The number of carbonyl (C=O) groups excluding carboxylic acids is 2. The molecular formula is C20H15ClF4N2O6. The maximum atomic E-state index is 16.5. The summed E-state index contributed by atoms with van der Waals surface area (Å²) in [6.45, 7) is -1.80. The highest BCUT2D eigenvalue weighted by Gasteiger charge is 2.55. The molecule has 0 saturated carbocycles. The van der Waals surface area contributed by atoms with Gasteiger partial charge < -0.3 is 19.9 Å². The molecular weight excluding hydrogens is 476 g/mol. The van der Waals surface area contributed by atoms with Crippen LogP contribution in [0.15, 0.2) is 36.4 Å². The van der Waals surface area contributed by atoms with Gasteiger partial charge in [0, 0.05) is 16.1 Å². The number of nitrogens with zero attached hydrogens (tertiary/aromatic N) is 1. The molecule has 2 N–H and O–H groups in total. The molecule has 3 rings (SSSR count). The minimum absolute atomic E-state index is 0.0341. The van der Waals surface area contributed by atoms with Gasteiger partial charge in [-0.05, 0) is 30.3 Å². The van der Waals surface area contributed by atoms with E-state index in [1.807, 2.05) is 5.32 Å². The number of fused-ring (bicyclic) bond motifs is 1. The van der Waals surface area contributed by atoms with Gasteiger partial charge in [-0.1, -0.05) is 17.7 Å². The van der Waals surface area contributed by atoms with Crippen LogP contribution < -0.4 is 15.0 Å². The topological polar surface area (TPSA) is 105 Å². The first kappa shape index (κ1) is 24.1. The van der Waals surface area contributed by atoms with Gasteiger partial charge in [-0.3, -0.25) is 14.5 Å². The Bertz CT molecular complexity index is 1130. The fraction of sp³-hybridized carbons (Fsp3) is 0.250. The lowest BCUT2D eigenvalue weighted by molar-refractivity contribution is -0.137. The minimum atomic E-state index is -4.81. The van der Waals surface area contributed by atoms with Crippen molar-refractivity contribution in [2.75, 3.05) is 25.3 Å². The molecule has 1 aliphatic rings. The molecule has 0 unspecified atom stereocenters. The summed E-state index contributed by atoms with van der Waals surface area (Å²) in [7, 11) is 1.21. The predicted octanol–water partition coefficient (Wildman–Crippen LogP) is 3.70. The number of ether oxygens (including phenoxy) is 2. The molecule has 0 spiro atoms. The summed E-state index contributed by atoms with van der Waals surface area (Å²) in [5.74, 6) is -2.84. The Labute approximate surface area is 188 Å². The molecule has 0 aliphatic carbocycles. The number of anilines is 1. The molecule has 0 saturated heterocycles. The van der Waals surface area contributed by atoms with Crippen molar-refractivity contribution in [2.24, 2.45) is 0 Å². The van der Waals surface area contributed by atoms with Crippen LogP contribution in [0.5, 0.6) is 5.75 Å². The van der Waals surface area contributed by atoms with Crippen molar-refractivity contribution in [3.8, 4) is 5.75 Å². The zero-order valence-corrected chi connectivity index (χ0v) is 17.5. The van der Waals surface area contributed by atoms with E-state index >= 15 is 4.39 Å². The average molecular weight is 491 g/mol. The van der Waals surface area contributed by atoms with Gasteiger partial charge in [-0.25, -0.2) is 9.18 Å². The van der Waals surface area contributed by atoms with Crippen LogP contribution in [0.3, 0.4) is 0 Å². The Hall–Kier alpha value is -3.54. The lowest BCUT2D eigenvalue weighted by Crippen LogP contribution is -2.41. The molecule has 13 heteroatoms. The SMILES string of the molecule is COc1ccc(Cl)cc1[C@]1(F)C(=O)N(COC(=O)NCC(=O)O)c2cc(C(F)(F)F)ccc21. The van der Waals surface area contributed by atoms with E-state index in [2.05, 4.69) is 0 Å². The van der Waals surface area contributed by atoms with Crippen LogP contribution in [0.1, 0.15) is 16.7 Å². The van der Waals surface area contributed by atoms with Gasteiger partial charge in [0.15, 0.2) is 6.73 Å². The molecule has 1 heterocycles. The van der Waals surface area contributed by atoms with Crippen LogP contribution in [0.4, 0.5) is 28.0 Å². The Morgan fingerprint density at radius 1 is 1.18 bits per heavy atom. The number of amides is 2. The summed E-state index contributed by atoms with van der Waals surface area (Å²) in [4.78, 5) is 35.9. The van der Waals surface area contributed by atoms with Crippen LogP contribution in [-0.2, 0) is 26.2 Å². The van der Waals surface area contributed by atoms with Crippen LogP contribution in [0.25, 0.3) is 0 Å². The monoisotopic (exact) mass is 490 g/mol. The third-order valence-electron chi connectivity index (χ3n) is 4.77. The summed E-state index contributed by atoms with van der Waals surface area (Å²) < 4.78 is 66.1. The van der Waals surface area contributed by atoms with E-state index in [9.17, 15) is 27.6 Å². The summed E-state index contributed by atoms with van der Waals surface area (Å²) >= 11 is 5.95. The van der Waals surface area contributed by atoms with Gasteiger partial charge in [0.25, 0.3) is 5.91 Å². The number of alkyl carbamates (subject to hydrolysis) is 1. The molecule has 33 heavy (non-hydrogen) atoms. The predicted molar refractivity (Wildman–Crippen MR) is 106 cm³/mol. The van der Waals surface area contributed by atoms with Crippen molar-refractivity contribution in [2.45, 2.75) is 11.8 Å². The van der Waals surface area contributed by atoms with Gasteiger partial charge in [0.05, 0.1) is 18.4 Å². The minimum Gasteiger partial charge on any atom is -0.496 e. The first-order chi connectivity index (χ1) is 15.4. The Morgan fingerprint density at radius 3 is 2.48 bits per heavy atom. The fourth-order valence-electron chi connectivity index (χ4n) is 3.29. The van der Waals surface area contributed by atoms with Gasteiger partial charge in [-0.15, -0.1) is 0 Å². The number of halogens is 5. The standard InChI is InChI=1S/C20H15ClF4N2O6/c1-32-15-5-3-11(21)7-13(15)19(22)12-4-2-10(20(23,24)25)6-14(12)27(17(19)30)9-33-18(31)26-8-16(28)29/h2-7H,8-9H2,1H3,(H,26,31)(H,28,29)/t19-/m0/s1. The molecule has 0 aromatic heterocycles. The van der Waals surface area contributed by atoms with E-state index < -0.39 is 59.9 Å². The van der Waals surface area contributed by atoms with E-state index in [-0.39, 0.29) is 16.3 Å². The zero-order chi connectivity index (χ0) is 24.6. The number of benzene rings is 2. The van der Waals surface area contributed by atoms with Crippen LogP contribution in [0, 0.1) is 0 Å². The molecule has 176 valence electrons. The Morgan fingerprint density at radius 2 is 1.88 bits per heavy atom. The number of carboxylic acids is 1.